The van der Waals surface area contributed by atoms with Crippen LogP contribution < -0.4 is 4.90 Å². The van der Waals surface area contributed by atoms with Gasteiger partial charge in [-0.3, -0.25) is 4.68 Å². The number of rotatable bonds is 2. The lowest BCUT2D eigenvalue weighted by Gasteiger charge is -2.48. The molecule has 2 saturated heterocycles. The van der Waals surface area contributed by atoms with Gasteiger partial charge in [0.25, 0.3) is 0 Å². The molecule has 0 saturated carbocycles. The molecule has 1 atom stereocenters. The molecule has 29 heavy (non-hydrogen) atoms. The predicted molar refractivity (Wildman–Crippen MR) is 114 cm³/mol. The molecule has 7 nitrogen and oxygen atoms in total. The van der Waals surface area contributed by atoms with Crippen molar-refractivity contribution in [3.63, 3.8) is 0 Å². The Labute approximate surface area is 175 Å². The van der Waals surface area contributed by atoms with Crippen LogP contribution in [-0.2, 0) is 4.74 Å². The molecule has 1 N–H and O–H groups in total. The first-order chi connectivity index (χ1) is 13.3. The van der Waals surface area contributed by atoms with E-state index in [4.69, 9.17) is 9.84 Å². The van der Waals surface area contributed by atoms with Crippen LogP contribution in [0.2, 0.25) is 0 Å². The van der Waals surface area contributed by atoms with E-state index in [-0.39, 0.29) is 11.6 Å². The molecule has 1 amide bonds. The second-order valence-electron chi connectivity index (χ2n) is 10.7. The van der Waals surface area contributed by atoms with Crippen LogP contribution in [0.15, 0.2) is 6.07 Å². The lowest BCUT2D eigenvalue weighted by molar-refractivity contribution is 0.00660. The van der Waals surface area contributed by atoms with Gasteiger partial charge in [0.2, 0.25) is 0 Å². The van der Waals surface area contributed by atoms with E-state index >= 15 is 0 Å². The first-order valence-electron chi connectivity index (χ1n) is 10.8. The zero-order valence-electron chi connectivity index (χ0n) is 19.2. The van der Waals surface area contributed by atoms with Gasteiger partial charge in [-0.05, 0) is 74.1 Å². The average Bonchev–Trinajstić information content (AvgIpc) is 2.93. The molecule has 7 heteroatoms. The van der Waals surface area contributed by atoms with Gasteiger partial charge < -0.3 is 19.6 Å². The van der Waals surface area contributed by atoms with Gasteiger partial charge in [-0.15, -0.1) is 0 Å². The van der Waals surface area contributed by atoms with Crippen LogP contribution in [0.25, 0.3) is 0 Å². The van der Waals surface area contributed by atoms with Crippen LogP contribution in [0.3, 0.4) is 0 Å². The number of aliphatic hydroxyl groups is 1. The molecule has 0 radical (unpaired) electrons. The largest absolute Gasteiger partial charge is 0.444 e. The molecule has 0 spiro atoms. The van der Waals surface area contributed by atoms with Crippen LogP contribution in [0, 0.1) is 6.92 Å². The summed E-state index contributed by atoms with van der Waals surface area (Å²) in [6.07, 6.45) is 2.99. The van der Waals surface area contributed by atoms with Crippen molar-refractivity contribution in [1.82, 2.24) is 14.7 Å². The minimum atomic E-state index is -0.619. The number of hydrogen-bond acceptors (Lipinski definition) is 5. The number of likely N-dealkylation sites (tertiary alicyclic amines) is 1. The highest BCUT2D eigenvalue weighted by Gasteiger charge is 2.41. The summed E-state index contributed by atoms with van der Waals surface area (Å²) in [5.74, 6) is 0.984. The number of carbonyl (C=O) groups excluding carboxylic acids is 1. The fraction of sp³-hybridized carbons (Fsp3) is 0.818. The van der Waals surface area contributed by atoms with Crippen LogP contribution >= 0.6 is 0 Å². The number of piperidine rings is 2. The van der Waals surface area contributed by atoms with Crippen LogP contribution in [0.1, 0.15) is 79.0 Å². The maximum Gasteiger partial charge on any atom is 0.410 e. The normalized spacial score (nSPS) is 25.9. The molecule has 1 aromatic heterocycles. The number of carbonyl (C=O) groups is 1. The summed E-state index contributed by atoms with van der Waals surface area (Å²) in [6, 6.07) is 2.45. The van der Waals surface area contributed by atoms with E-state index in [1.165, 1.54) is 0 Å². The summed E-state index contributed by atoms with van der Waals surface area (Å²) in [4.78, 5) is 16.4. The Kier molecular flexibility index (Phi) is 5.67. The van der Waals surface area contributed by atoms with Crippen LogP contribution in [0.4, 0.5) is 10.6 Å². The molecule has 2 aliphatic rings. The van der Waals surface area contributed by atoms with Crippen molar-refractivity contribution in [2.24, 2.45) is 0 Å². The topological polar surface area (TPSA) is 70.8 Å². The zero-order valence-corrected chi connectivity index (χ0v) is 19.2. The lowest BCUT2D eigenvalue weighted by atomic mass is 9.80. The van der Waals surface area contributed by atoms with Crippen molar-refractivity contribution >= 4 is 11.9 Å². The third-order valence-corrected chi connectivity index (χ3v) is 6.07. The fourth-order valence-corrected chi connectivity index (χ4v) is 4.79. The third-order valence-electron chi connectivity index (χ3n) is 6.07. The monoisotopic (exact) mass is 406 g/mol. The number of nitrogens with zero attached hydrogens (tertiary/aromatic N) is 4. The SMILES string of the molecule is Cc1cc(N2CCC(C)(O)CC2(C)C)nn1C1CCN(C(=O)OC(C)(C)C)CC1. The summed E-state index contributed by atoms with van der Waals surface area (Å²) >= 11 is 0. The zero-order chi connectivity index (χ0) is 21.6. The lowest BCUT2D eigenvalue weighted by Crippen LogP contribution is -2.55. The van der Waals surface area contributed by atoms with Gasteiger partial charge in [0.05, 0.1) is 11.6 Å². The third kappa shape index (κ3) is 5.05. The Morgan fingerprint density at radius 3 is 2.38 bits per heavy atom. The quantitative estimate of drug-likeness (QED) is 0.807. The van der Waals surface area contributed by atoms with Gasteiger partial charge in [-0.2, -0.15) is 5.10 Å². The molecule has 0 aliphatic carbocycles. The molecule has 2 aliphatic heterocycles. The predicted octanol–water partition coefficient (Wildman–Crippen LogP) is 3.89. The molecule has 164 valence electrons. The van der Waals surface area contributed by atoms with E-state index in [2.05, 4.69) is 36.4 Å². The molecule has 0 aromatic carbocycles. The van der Waals surface area contributed by atoms with E-state index in [1.54, 1.807) is 4.90 Å². The van der Waals surface area contributed by atoms with Gasteiger partial charge in [0.15, 0.2) is 5.82 Å². The average molecular weight is 407 g/mol. The summed E-state index contributed by atoms with van der Waals surface area (Å²) < 4.78 is 7.63. The molecule has 0 bridgehead atoms. The Bertz CT molecular complexity index is 740. The second-order valence-corrected chi connectivity index (χ2v) is 10.7. The highest BCUT2D eigenvalue weighted by atomic mass is 16.6. The minimum Gasteiger partial charge on any atom is -0.444 e. The number of ether oxygens (including phenoxy) is 1. The van der Waals surface area contributed by atoms with Crippen molar-refractivity contribution in [1.29, 1.82) is 0 Å². The van der Waals surface area contributed by atoms with Gasteiger partial charge in [-0.25, -0.2) is 4.79 Å². The van der Waals surface area contributed by atoms with E-state index < -0.39 is 11.2 Å². The van der Waals surface area contributed by atoms with Gasteiger partial charge in [0.1, 0.15) is 5.60 Å². The fourth-order valence-electron chi connectivity index (χ4n) is 4.79. The second kappa shape index (κ2) is 7.49. The molecular formula is C22H38N4O3. The van der Waals surface area contributed by atoms with E-state index in [9.17, 15) is 9.90 Å². The molecule has 2 fully saturated rings. The Hall–Kier alpha value is -1.76. The van der Waals surface area contributed by atoms with Crippen molar-refractivity contribution in [2.75, 3.05) is 24.5 Å². The molecule has 3 heterocycles. The number of hydrogen-bond donors (Lipinski definition) is 1. The van der Waals surface area contributed by atoms with E-state index in [0.717, 1.165) is 43.7 Å². The molecule has 1 aromatic rings. The Morgan fingerprint density at radius 1 is 1.21 bits per heavy atom. The van der Waals surface area contributed by atoms with Gasteiger partial charge >= 0.3 is 6.09 Å². The molecular weight excluding hydrogens is 368 g/mol. The van der Waals surface area contributed by atoms with Gasteiger partial charge in [0, 0.05) is 36.9 Å². The number of anilines is 1. The smallest absolute Gasteiger partial charge is 0.410 e. The summed E-state index contributed by atoms with van der Waals surface area (Å²) in [7, 11) is 0. The van der Waals surface area contributed by atoms with E-state index in [1.807, 2.05) is 27.7 Å². The molecule has 3 rings (SSSR count). The first-order valence-corrected chi connectivity index (χ1v) is 10.8. The Balaban J connectivity index is 1.67. The van der Waals surface area contributed by atoms with Crippen molar-refractivity contribution < 1.29 is 14.6 Å². The first kappa shape index (κ1) is 21.9. The summed E-state index contributed by atoms with van der Waals surface area (Å²) in [5.41, 5.74) is -0.0869. The van der Waals surface area contributed by atoms with Gasteiger partial charge in [-0.1, -0.05) is 0 Å². The maximum absolute atomic E-state index is 12.3. The Morgan fingerprint density at radius 2 is 1.83 bits per heavy atom. The number of amides is 1. The number of aromatic nitrogens is 2. The van der Waals surface area contributed by atoms with E-state index in [0.29, 0.717) is 19.1 Å². The minimum absolute atomic E-state index is 0.145. The summed E-state index contributed by atoms with van der Waals surface area (Å²) in [5, 5.41) is 15.4. The highest BCUT2D eigenvalue weighted by molar-refractivity contribution is 5.68. The molecule has 1 unspecified atom stereocenters. The van der Waals surface area contributed by atoms with Crippen LogP contribution in [-0.4, -0.2) is 62.3 Å². The highest BCUT2D eigenvalue weighted by Crippen LogP contribution is 2.37. The van der Waals surface area contributed by atoms with Crippen molar-refractivity contribution in [3.8, 4) is 0 Å². The van der Waals surface area contributed by atoms with Crippen molar-refractivity contribution in [2.45, 2.75) is 96.9 Å². The van der Waals surface area contributed by atoms with Crippen LogP contribution in [0.5, 0.6) is 0 Å². The summed E-state index contributed by atoms with van der Waals surface area (Å²) in [6.45, 7) is 16.2. The number of aryl methyl sites for hydroxylation is 1. The van der Waals surface area contributed by atoms with Crippen molar-refractivity contribution in [3.05, 3.63) is 11.8 Å². The maximum atomic E-state index is 12.3. The standard InChI is InChI=1S/C22H38N4O3/c1-16-14-18(25-13-10-22(7,28)15-21(25,5)6)23-26(16)17-8-11-24(12-9-17)19(27)29-20(2,3)4/h14,17,28H,8-13,15H2,1-7H3.